The minimum atomic E-state index is -3.55. The highest BCUT2D eigenvalue weighted by atomic mass is 32.2. The Bertz CT molecular complexity index is 723. The third kappa shape index (κ3) is 3.32. The second kappa shape index (κ2) is 6.11. The molecule has 1 fully saturated rings. The SMILES string of the molecule is CN1CCC(NS(=O)(=O)c2cccc(-c3nn[nH]n3)c2)CC1. The molecule has 9 heteroatoms. The molecule has 1 aromatic carbocycles. The summed E-state index contributed by atoms with van der Waals surface area (Å²) in [5.74, 6) is 0.372. The molecule has 0 spiro atoms. The molecule has 0 amide bonds. The van der Waals surface area contributed by atoms with Gasteiger partial charge in [-0.15, -0.1) is 10.2 Å². The fourth-order valence-electron chi connectivity index (χ4n) is 2.50. The molecule has 2 heterocycles. The molecular weight excluding hydrogens is 304 g/mol. The lowest BCUT2D eigenvalue weighted by atomic mass is 10.1. The Labute approximate surface area is 129 Å². The van der Waals surface area contributed by atoms with Crippen LogP contribution in [0.1, 0.15) is 12.8 Å². The van der Waals surface area contributed by atoms with Crippen molar-refractivity contribution >= 4 is 10.0 Å². The Hall–Kier alpha value is -1.84. The Morgan fingerprint density at radius 1 is 1.32 bits per heavy atom. The molecule has 0 bridgehead atoms. The standard InChI is InChI=1S/C13H18N6O2S/c1-19-7-5-11(6-8-19)16-22(20,21)12-4-2-3-10(9-12)13-14-17-18-15-13/h2-4,9,11,16H,5-8H2,1H3,(H,14,15,17,18). The molecule has 2 N–H and O–H groups in total. The van der Waals surface area contributed by atoms with Crippen LogP contribution in [0.5, 0.6) is 0 Å². The molecule has 118 valence electrons. The Balaban J connectivity index is 1.79. The minimum Gasteiger partial charge on any atom is -0.306 e. The Kier molecular flexibility index (Phi) is 4.19. The van der Waals surface area contributed by atoms with Gasteiger partial charge in [-0.2, -0.15) is 5.21 Å². The van der Waals surface area contributed by atoms with Crippen LogP contribution in [0.3, 0.4) is 0 Å². The van der Waals surface area contributed by atoms with Gasteiger partial charge < -0.3 is 4.90 Å². The summed E-state index contributed by atoms with van der Waals surface area (Å²) in [6.45, 7) is 1.80. The van der Waals surface area contributed by atoms with Crippen molar-refractivity contribution in [3.63, 3.8) is 0 Å². The van der Waals surface area contributed by atoms with E-state index in [2.05, 4.69) is 30.2 Å². The molecule has 3 rings (SSSR count). The van der Waals surface area contributed by atoms with Gasteiger partial charge in [0, 0.05) is 11.6 Å². The number of tetrazole rings is 1. The molecule has 1 aliphatic rings. The van der Waals surface area contributed by atoms with Crippen molar-refractivity contribution < 1.29 is 8.42 Å². The third-order valence-electron chi connectivity index (χ3n) is 3.79. The van der Waals surface area contributed by atoms with Crippen LogP contribution < -0.4 is 4.72 Å². The number of aromatic amines is 1. The van der Waals surface area contributed by atoms with E-state index in [4.69, 9.17) is 0 Å². The lowest BCUT2D eigenvalue weighted by Crippen LogP contribution is -2.43. The molecule has 8 nitrogen and oxygen atoms in total. The van der Waals surface area contributed by atoms with Crippen LogP contribution in [0.4, 0.5) is 0 Å². The summed E-state index contributed by atoms with van der Waals surface area (Å²) in [5.41, 5.74) is 0.611. The van der Waals surface area contributed by atoms with Gasteiger partial charge in [0.2, 0.25) is 15.8 Å². The summed E-state index contributed by atoms with van der Waals surface area (Å²) >= 11 is 0. The first-order valence-corrected chi connectivity index (χ1v) is 8.58. The molecule has 22 heavy (non-hydrogen) atoms. The number of sulfonamides is 1. The highest BCUT2D eigenvalue weighted by molar-refractivity contribution is 7.89. The molecule has 0 radical (unpaired) electrons. The average molecular weight is 322 g/mol. The Morgan fingerprint density at radius 2 is 2.09 bits per heavy atom. The summed E-state index contributed by atoms with van der Waals surface area (Å²) in [4.78, 5) is 2.41. The largest absolute Gasteiger partial charge is 0.306 e. The molecule has 2 aromatic rings. The predicted octanol–water partition coefficient (Wildman–Crippen LogP) is 0.239. The highest BCUT2D eigenvalue weighted by Crippen LogP contribution is 2.19. The van der Waals surface area contributed by atoms with E-state index in [1.165, 1.54) is 0 Å². The summed E-state index contributed by atoms with van der Waals surface area (Å²) in [5, 5.41) is 13.6. The number of hydrogen-bond donors (Lipinski definition) is 2. The van der Waals surface area contributed by atoms with Crippen molar-refractivity contribution in [3.8, 4) is 11.4 Å². The van der Waals surface area contributed by atoms with E-state index < -0.39 is 10.0 Å². The number of H-pyrrole nitrogens is 1. The van der Waals surface area contributed by atoms with Crippen LogP contribution in [-0.2, 0) is 10.0 Å². The van der Waals surface area contributed by atoms with Gasteiger partial charge in [-0.25, -0.2) is 13.1 Å². The van der Waals surface area contributed by atoms with E-state index in [0.29, 0.717) is 11.4 Å². The first-order valence-electron chi connectivity index (χ1n) is 7.09. The van der Waals surface area contributed by atoms with Crippen molar-refractivity contribution in [1.29, 1.82) is 0 Å². The van der Waals surface area contributed by atoms with Gasteiger partial charge in [0.25, 0.3) is 0 Å². The van der Waals surface area contributed by atoms with Crippen molar-refractivity contribution in [2.45, 2.75) is 23.8 Å². The van der Waals surface area contributed by atoms with Crippen LogP contribution in [-0.4, -0.2) is 60.1 Å². The molecule has 0 atom stereocenters. The van der Waals surface area contributed by atoms with Gasteiger partial charge in [-0.05, 0) is 50.3 Å². The topological polar surface area (TPSA) is 104 Å². The van der Waals surface area contributed by atoms with Crippen molar-refractivity contribution in [2.24, 2.45) is 0 Å². The van der Waals surface area contributed by atoms with E-state index >= 15 is 0 Å². The molecule has 1 aromatic heterocycles. The number of rotatable bonds is 4. The number of nitrogens with zero attached hydrogens (tertiary/aromatic N) is 4. The normalized spacial score (nSPS) is 17.7. The first-order chi connectivity index (χ1) is 10.5. The number of likely N-dealkylation sites (tertiary alicyclic amines) is 1. The minimum absolute atomic E-state index is 0.0185. The summed E-state index contributed by atoms with van der Waals surface area (Å²) in [7, 11) is -1.50. The van der Waals surface area contributed by atoms with Crippen molar-refractivity contribution in [2.75, 3.05) is 20.1 Å². The second-order valence-corrected chi connectivity index (χ2v) is 7.18. The first kappa shape index (κ1) is 15.1. The maximum absolute atomic E-state index is 12.5. The fourth-order valence-corrected chi connectivity index (χ4v) is 3.85. The van der Waals surface area contributed by atoms with Gasteiger partial charge in [0.1, 0.15) is 0 Å². The molecule has 0 unspecified atom stereocenters. The number of benzene rings is 1. The lowest BCUT2D eigenvalue weighted by Gasteiger charge is -2.29. The van der Waals surface area contributed by atoms with E-state index in [1.807, 2.05) is 7.05 Å². The smallest absolute Gasteiger partial charge is 0.240 e. The quantitative estimate of drug-likeness (QED) is 0.835. The number of piperidine rings is 1. The monoisotopic (exact) mass is 322 g/mol. The molecule has 0 saturated carbocycles. The Morgan fingerprint density at radius 3 is 2.77 bits per heavy atom. The zero-order valence-electron chi connectivity index (χ0n) is 12.2. The fraction of sp³-hybridized carbons (Fsp3) is 0.462. The lowest BCUT2D eigenvalue weighted by molar-refractivity contribution is 0.248. The van der Waals surface area contributed by atoms with Crippen LogP contribution >= 0.6 is 0 Å². The summed E-state index contributed by atoms with van der Waals surface area (Å²) in [6.07, 6.45) is 1.64. The molecule has 0 aliphatic carbocycles. The number of aromatic nitrogens is 4. The van der Waals surface area contributed by atoms with E-state index in [-0.39, 0.29) is 10.9 Å². The van der Waals surface area contributed by atoms with Gasteiger partial charge in [-0.3, -0.25) is 0 Å². The zero-order chi connectivity index (χ0) is 15.6. The van der Waals surface area contributed by atoms with E-state index in [1.54, 1.807) is 24.3 Å². The summed E-state index contributed by atoms with van der Waals surface area (Å²) < 4.78 is 27.8. The number of hydrogen-bond acceptors (Lipinski definition) is 6. The van der Waals surface area contributed by atoms with Crippen LogP contribution in [0.15, 0.2) is 29.2 Å². The highest BCUT2D eigenvalue weighted by Gasteiger charge is 2.23. The van der Waals surface area contributed by atoms with Gasteiger partial charge in [0.15, 0.2) is 0 Å². The second-order valence-electron chi connectivity index (χ2n) is 5.46. The van der Waals surface area contributed by atoms with Gasteiger partial charge in [-0.1, -0.05) is 12.1 Å². The van der Waals surface area contributed by atoms with Crippen molar-refractivity contribution in [3.05, 3.63) is 24.3 Å². The van der Waals surface area contributed by atoms with Gasteiger partial charge in [0.05, 0.1) is 4.90 Å². The third-order valence-corrected chi connectivity index (χ3v) is 5.31. The zero-order valence-corrected chi connectivity index (χ0v) is 13.0. The predicted molar refractivity (Wildman–Crippen MR) is 80.5 cm³/mol. The van der Waals surface area contributed by atoms with E-state index in [9.17, 15) is 8.42 Å². The maximum Gasteiger partial charge on any atom is 0.240 e. The molecule has 1 saturated heterocycles. The average Bonchev–Trinajstić information content (AvgIpc) is 3.04. The van der Waals surface area contributed by atoms with Crippen molar-refractivity contribution in [1.82, 2.24) is 30.2 Å². The van der Waals surface area contributed by atoms with Crippen LogP contribution in [0.2, 0.25) is 0 Å². The maximum atomic E-state index is 12.5. The van der Waals surface area contributed by atoms with E-state index in [0.717, 1.165) is 25.9 Å². The number of nitrogens with one attached hydrogen (secondary N) is 2. The molecule has 1 aliphatic heterocycles. The molecular formula is C13H18N6O2S. The van der Waals surface area contributed by atoms with Crippen LogP contribution in [0.25, 0.3) is 11.4 Å². The van der Waals surface area contributed by atoms with Crippen LogP contribution in [0, 0.1) is 0 Å². The van der Waals surface area contributed by atoms with Gasteiger partial charge >= 0.3 is 0 Å². The summed E-state index contributed by atoms with van der Waals surface area (Å²) in [6, 6.07) is 6.53.